The summed E-state index contributed by atoms with van der Waals surface area (Å²) in [6.07, 6.45) is 0. The number of hydrogen-bond acceptors (Lipinski definition) is 2. The second kappa shape index (κ2) is 6.24. The van der Waals surface area contributed by atoms with E-state index in [9.17, 15) is 4.79 Å². The Labute approximate surface area is 119 Å². The molecule has 0 bridgehead atoms. The number of benzene rings is 2. The van der Waals surface area contributed by atoms with Crippen LogP contribution in [0.1, 0.15) is 16.7 Å². The molecule has 104 valence electrons. The van der Waals surface area contributed by atoms with Gasteiger partial charge < -0.3 is 10.1 Å². The van der Waals surface area contributed by atoms with E-state index < -0.39 is 0 Å². The highest BCUT2D eigenvalue weighted by Gasteiger charge is 2.08. The van der Waals surface area contributed by atoms with E-state index in [1.165, 1.54) is 0 Å². The quantitative estimate of drug-likeness (QED) is 0.920. The molecule has 0 fully saturated rings. The monoisotopic (exact) mass is 269 g/mol. The highest BCUT2D eigenvalue weighted by atomic mass is 16.5. The van der Waals surface area contributed by atoms with Gasteiger partial charge in [0, 0.05) is 5.69 Å². The van der Waals surface area contributed by atoms with Gasteiger partial charge in [-0.15, -0.1) is 0 Å². The lowest BCUT2D eigenvalue weighted by molar-refractivity contribution is -0.118. The van der Waals surface area contributed by atoms with Gasteiger partial charge in [0.1, 0.15) is 5.75 Å². The molecule has 0 spiro atoms. The molecule has 20 heavy (non-hydrogen) atoms. The lowest BCUT2D eigenvalue weighted by atomic mass is 10.1. The van der Waals surface area contributed by atoms with Gasteiger partial charge in [0.25, 0.3) is 5.91 Å². The Morgan fingerprint density at radius 3 is 2.20 bits per heavy atom. The van der Waals surface area contributed by atoms with E-state index in [4.69, 9.17) is 4.74 Å². The molecule has 2 aromatic carbocycles. The van der Waals surface area contributed by atoms with Crippen LogP contribution < -0.4 is 10.1 Å². The van der Waals surface area contributed by atoms with Crippen LogP contribution in [0.15, 0.2) is 42.5 Å². The molecule has 1 N–H and O–H groups in total. The number of ether oxygens (including phenoxy) is 1. The van der Waals surface area contributed by atoms with E-state index in [1.807, 2.05) is 63.2 Å². The SMILES string of the molecule is Cc1ccccc1OCC(=O)Nc1c(C)cccc1C. The first kappa shape index (κ1) is 14.1. The van der Waals surface area contributed by atoms with Crippen LogP contribution in [0.4, 0.5) is 5.69 Å². The molecule has 0 atom stereocenters. The molecule has 2 aromatic rings. The van der Waals surface area contributed by atoms with Crippen LogP contribution in [-0.2, 0) is 4.79 Å². The van der Waals surface area contributed by atoms with E-state index >= 15 is 0 Å². The maximum absolute atomic E-state index is 12.0. The molecule has 1 amide bonds. The average Bonchev–Trinajstić information content (AvgIpc) is 2.42. The number of carbonyl (C=O) groups excluding carboxylic acids is 1. The molecule has 0 aliphatic carbocycles. The summed E-state index contributed by atoms with van der Waals surface area (Å²) in [4.78, 5) is 12.0. The standard InChI is InChI=1S/C17H19NO2/c1-12-7-4-5-10-15(12)20-11-16(19)18-17-13(2)8-6-9-14(17)3/h4-10H,11H2,1-3H3,(H,18,19). The minimum absolute atomic E-state index is 0.0125. The lowest BCUT2D eigenvalue weighted by Crippen LogP contribution is -2.21. The summed E-state index contributed by atoms with van der Waals surface area (Å²) in [6, 6.07) is 13.6. The fraction of sp³-hybridized carbons (Fsp3) is 0.235. The fourth-order valence-corrected chi connectivity index (χ4v) is 2.05. The van der Waals surface area contributed by atoms with Crippen molar-refractivity contribution in [1.82, 2.24) is 0 Å². The van der Waals surface area contributed by atoms with Gasteiger partial charge in [0.05, 0.1) is 0 Å². The molecule has 0 saturated heterocycles. The molecular weight excluding hydrogens is 250 g/mol. The largest absolute Gasteiger partial charge is 0.483 e. The Morgan fingerprint density at radius 2 is 1.55 bits per heavy atom. The average molecular weight is 269 g/mol. The van der Waals surface area contributed by atoms with Gasteiger partial charge in [-0.05, 0) is 43.5 Å². The topological polar surface area (TPSA) is 38.3 Å². The van der Waals surface area contributed by atoms with Gasteiger partial charge in [0.15, 0.2) is 6.61 Å². The van der Waals surface area contributed by atoms with Gasteiger partial charge in [-0.2, -0.15) is 0 Å². The number of carbonyl (C=O) groups is 1. The number of aryl methyl sites for hydroxylation is 3. The Kier molecular flexibility index (Phi) is 4.41. The maximum Gasteiger partial charge on any atom is 0.262 e. The molecule has 3 heteroatoms. The van der Waals surface area contributed by atoms with Crippen molar-refractivity contribution in [2.75, 3.05) is 11.9 Å². The summed E-state index contributed by atoms with van der Waals surface area (Å²) in [5, 5.41) is 2.90. The zero-order valence-electron chi connectivity index (χ0n) is 12.1. The number of amides is 1. The lowest BCUT2D eigenvalue weighted by Gasteiger charge is -2.12. The second-order valence-electron chi connectivity index (χ2n) is 4.87. The van der Waals surface area contributed by atoms with E-state index in [1.54, 1.807) is 0 Å². The van der Waals surface area contributed by atoms with Crippen molar-refractivity contribution < 1.29 is 9.53 Å². The highest BCUT2D eigenvalue weighted by Crippen LogP contribution is 2.20. The smallest absolute Gasteiger partial charge is 0.262 e. The molecule has 0 saturated carbocycles. The van der Waals surface area contributed by atoms with E-state index in [0.29, 0.717) is 0 Å². The van der Waals surface area contributed by atoms with Crippen molar-refractivity contribution in [3.8, 4) is 5.75 Å². The Hall–Kier alpha value is -2.29. The predicted octanol–water partition coefficient (Wildman–Crippen LogP) is 3.63. The van der Waals surface area contributed by atoms with Crippen molar-refractivity contribution in [3.05, 3.63) is 59.2 Å². The van der Waals surface area contributed by atoms with E-state index in [-0.39, 0.29) is 12.5 Å². The van der Waals surface area contributed by atoms with Crippen LogP contribution in [0.2, 0.25) is 0 Å². The summed E-state index contributed by atoms with van der Waals surface area (Å²) in [6.45, 7) is 5.92. The first-order chi connectivity index (χ1) is 9.58. The number of nitrogens with one attached hydrogen (secondary N) is 1. The normalized spacial score (nSPS) is 10.2. The molecular formula is C17H19NO2. The first-order valence-electron chi connectivity index (χ1n) is 6.62. The molecule has 0 heterocycles. The summed E-state index contributed by atoms with van der Waals surface area (Å²) < 4.78 is 5.54. The van der Waals surface area contributed by atoms with Crippen LogP contribution >= 0.6 is 0 Å². The van der Waals surface area contributed by atoms with Gasteiger partial charge >= 0.3 is 0 Å². The van der Waals surface area contributed by atoms with Crippen molar-refractivity contribution in [2.45, 2.75) is 20.8 Å². The number of anilines is 1. The van der Waals surface area contributed by atoms with Crippen molar-refractivity contribution >= 4 is 11.6 Å². The zero-order chi connectivity index (χ0) is 14.5. The Balaban J connectivity index is 1.98. The summed E-state index contributed by atoms with van der Waals surface area (Å²) in [5.74, 6) is 0.592. The van der Waals surface area contributed by atoms with Crippen LogP contribution in [0.5, 0.6) is 5.75 Å². The number of rotatable bonds is 4. The van der Waals surface area contributed by atoms with Gasteiger partial charge in [-0.25, -0.2) is 0 Å². The summed E-state index contributed by atoms with van der Waals surface area (Å²) >= 11 is 0. The van der Waals surface area contributed by atoms with E-state index in [0.717, 1.165) is 28.1 Å². The van der Waals surface area contributed by atoms with Gasteiger partial charge in [-0.1, -0.05) is 36.4 Å². The molecule has 0 aliphatic rings. The van der Waals surface area contributed by atoms with Crippen LogP contribution in [0.3, 0.4) is 0 Å². The number of hydrogen-bond donors (Lipinski definition) is 1. The minimum atomic E-state index is -0.148. The van der Waals surface area contributed by atoms with Crippen molar-refractivity contribution in [2.24, 2.45) is 0 Å². The van der Waals surface area contributed by atoms with Gasteiger partial charge in [-0.3, -0.25) is 4.79 Å². The second-order valence-corrected chi connectivity index (χ2v) is 4.87. The van der Waals surface area contributed by atoms with Gasteiger partial charge in [0.2, 0.25) is 0 Å². The van der Waals surface area contributed by atoms with E-state index in [2.05, 4.69) is 5.32 Å². The molecule has 0 aromatic heterocycles. The van der Waals surface area contributed by atoms with Crippen molar-refractivity contribution in [1.29, 1.82) is 0 Å². The van der Waals surface area contributed by atoms with Crippen molar-refractivity contribution in [3.63, 3.8) is 0 Å². The molecule has 2 rings (SSSR count). The Bertz CT molecular complexity index is 600. The van der Waals surface area contributed by atoms with Crippen LogP contribution in [0.25, 0.3) is 0 Å². The third-order valence-electron chi connectivity index (χ3n) is 3.20. The highest BCUT2D eigenvalue weighted by molar-refractivity contribution is 5.93. The predicted molar refractivity (Wildman–Crippen MR) is 81.2 cm³/mol. The number of para-hydroxylation sites is 2. The molecule has 0 radical (unpaired) electrons. The van der Waals surface area contributed by atoms with Crippen LogP contribution in [-0.4, -0.2) is 12.5 Å². The fourth-order valence-electron chi connectivity index (χ4n) is 2.05. The zero-order valence-corrected chi connectivity index (χ0v) is 12.1. The maximum atomic E-state index is 12.0. The third kappa shape index (κ3) is 3.38. The molecule has 0 unspecified atom stereocenters. The summed E-state index contributed by atoms with van der Waals surface area (Å²) in [5.41, 5.74) is 3.99. The minimum Gasteiger partial charge on any atom is -0.483 e. The summed E-state index contributed by atoms with van der Waals surface area (Å²) in [7, 11) is 0. The van der Waals surface area contributed by atoms with Crippen LogP contribution in [0, 0.1) is 20.8 Å². The molecule has 0 aliphatic heterocycles. The Morgan fingerprint density at radius 1 is 0.950 bits per heavy atom. The molecule has 3 nitrogen and oxygen atoms in total. The first-order valence-corrected chi connectivity index (χ1v) is 6.62. The third-order valence-corrected chi connectivity index (χ3v) is 3.20.